The Balaban J connectivity index is 0.910. The Kier molecular flexibility index (Phi) is 8.87. The fourth-order valence-corrected chi connectivity index (χ4v) is 11.2. The van der Waals surface area contributed by atoms with E-state index in [2.05, 4.69) is 207 Å². The van der Waals surface area contributed by atoms with Gasteiger partial charge in [-0.05, 0) is 127 Å². The van der Waals surface area contributed by atoms with E-state index in [1.54, 1.807) is 6.20 Å². The van der Waals surface area contributed by atoms with Gasteiger partial charge in [0.2, 0.25) is 0 Å². The second-order valence-corrected chi connectivity index (χ2v) is 19.4. The summed E-state index contributed by atoms with van der Waals surface area (Å²) in [7, 11) is 0. The molecule has 0 aliphatic heterocycles. The standard InChI is InChI=1S/C63H44N6/c1-62(2)54-14-8-6-12-48(54)50-34-43(23-28-55(50)62)60-66-59(67-61(68-60)44-22-27-49-47-11-5-7-13-53(47)63(3,4)56(49)35-44)41-18-16-39(17-19-41)42-24-30-58-52(33-42)51-32-38(36-64)15-29-57(51)69(58)46-25-20-40(21-26-46)45-10-9-31-65-37-45/h5-35,37H,1-4H3. The van der Waals surface area contributed by atoms with Gasteiger partial charge in [0, 0.05) is 56.4 Å². The van der Waals surface area contributed by atoms with E-state index in [1.165, 1.54) is 44.5 Å². The fraction of sp³-hybridized carbons (Fsp3) is 0.0952. The number of hydrogen-bond acceptors (Lipinski definition) is 5. The first-order valence-corrected chi connectivity index (χ1v) is 23.5. The van der Waals surface area contributed by atoms with Crippen LogP contribution < -0.4 is 0 Å². The lowest BCUT2D eigenvalue weighted by molar-refractivity contribution is 0.660. The van der Waals surface area contributed by atoms with Crippen LogP contribution in [0, 0.1) is 11.3 Å². The average Bonchev–Trinajstić information content (AvgIpc) is 3.94. The predicted octanol–water partition coefficient (Wildman–Crippen LogP) is 15.2. The molecule has 0 unspecified atom stereocenters. The van der Waals surface area contributed by atoms with Crippen LogP contribution in [0.25, 0.3) is 106 Å². The molecular formula is C63H44N6. The Morgan fingerprint density at radius 1 is 0.406 bits per heavy atom. The zero-order valence-electron chi connectivity index (χ0n) is 38.7. The first kappa shape index (κ1) is 40.5. The molecule has 8 aromatic carbocycles. The summed E-state index contributed by atoms with van der Waals surface area (Å²) in [5, 5.41) is 12.1. The average molecular weight is 885 g/mol. The van der Waals surface area contributed by atoms with Gasteiger partial charge in [0.05, 0.1) is 22.7 Å². The molecule has 0 atom stereocenters. The van der Waals surface area contributed by atoms with Crippen LogP contribution in [0.15, 0.2) is 194 Å². The highest BCUT2D eigenvalue weighted by molar-refractivity contribution is 6.11. The van der Waals surface area contributed by atoms with Crippen molar-refractivity contribution in [2.24, 2.45) is 0 Å². The van der Waals surface area contributed by atoms with E-state index in [9.17, 15) is 5.26 Å². The maximum Gasteiger partial charge on any atom is 0.164 e. The second-order valence-electron chi connectivity index (χ2n) is 19.4. The van der Waals surface area contributed by atoms with Crippen LogP contribution in [-0.4, -0.2) is 24.5 Å². The highest BCUT2D eigenvalue weighted by Crippen LogP contribution is 2.51. The first-order chi connectivity index (χ1) is 33.6. The van der Waals surface area contributed by atoms with Crippen molar-refractivity contribution in [2.45, 2.75) is 38.5 Å². The molecule has 6 heteroatoms. The third kappa shape index (κ3) is 6.31. The molecule has 69 heavy (non-hydrogen) atoms. The molecule has 13 rings (SSSR count). The predicted molar refractivity (Wildman–Crippen MR) is 279 cm³/mol. The quantitative estimate of drug-likeness (QED) is 0.166. The molecule has 0 fully saturated rings. The summed E-state index contributed by atoms with van der Waals surface area (Å²) in [5.74, 6) is 1.89. The molecule has 2 aliphatic rings. The Labute approximate surface area is 400 Å². The van der Waals surface area contributed by atoms with Crippen LogP contribution in [0.4, 0.5) is 0 Å². The van der Waals surface area contributed by atoms with Crippen LogP contribution in [-0.2, 0) is 10.8 Å². The van der Waals surface area contributed by atoms with Gasteiger partial charge in [0.1, 0.15) is 0 Å². The number of nitriles is 1. The zero-order chi connectivity index (χ0) is 46.6. The molecule has 6 nitrogen and oxygen atoms in total. The minimum atomic E-state index is -0.168. The number of rotatable bonds is 6. The van der Waals surface area contributed by atoms with E-state index in [4.69, 9.17) is 15.0 Å². The molecule has 2 aliphatic carbocycles. The van der Waals surface area contributed by atoms with E-state index in [0.717, 1.165) is 66.4 Å². The molecule has 0 radical (unpaired) electrons. The van der Waals surface area contributed by atoms with E-state index in [0.29, 0.717) is 23.0 Å². The molecule has 11 aromatic rings. The number of fused-ring (bicyclic) bond motifs is 9. The molecule has 0 saturated heterocycles. The summed E-state index contributed by atoms with van der Waals surface area (Å²) in [4.78, 5) is 20.1. The van der Waals surface area contributed by atoms with Gasteiger partial charge in [-0.1, -0.05) is 149 Å². The summed E-state index contributed by atoms with van der Waals surface area (Å²) >= 11 is 0. The third-order valence-electron chi connectivity index (χ3n) is 14.8. The summed E-state index contributed by atoms with van der Waals surface area (Å²) in [6.07, 6.45) is 3.68. The number of benzene rings is 8. The summed E-state index contributed by atoms with van der Waals surface area (Å²) in [6.45, 7) is 9.22. The molecular weight excluding hydrogens is 841 g/mol. The van der Waals surface area contributed by atoms with Gasteiger partial charge < -0.3 is 4.57 Å². The van der Waals surface area contributed by atoms with Crippen LogP contribution >= 0.6 is 0 Å². The molecule has 0 saturated carbocycles. The van der Waals surface area contributed by atoms with Crippen molar-refractivity contribution < 1.29 is 0 Å². The Morgan fingerprint density at radius 2 is 0.928 bits per heavy atom. The van der Waals surface area contributed by atoms with Crippen molar-refractivity contribution in [2.75, 3.05) is 0 Å². The van der Waals surface area contributed by atoms with E-state index < -0.39 is 0 Å². The minimum absolute atomic E-state index is 0.106. The van der Waals surface area contributed by atoms with Gasteiger partial charge in [0.25, 0.3) is 0 Å². The number of hydrogen-bond donors (Lipinski definition) is 0. The molecule has 0 N–H and O–H groups in total. The van der Waals surface area contributed by atoms with Crippen LogP contribution in [0.2, 0.25) is 0 Å². The molecule has 0 bridgehead atoms. The highest BCUT2D eigenvalue weighted by Gasteiger charge is 2.37. The topological polar surface area (TPSA) is 80.3 Å². The van der Waals surface area contributed by atoms with Crippen LogP contribution in [0.1, 0.15) is 55.5 Å². The summed E-state index contributed by atoms with van der Waals surface area (Å²) < 4.78 is 2.28. The Bertz CT molecular complexity index is 3950. The molecule has 3 heterocycles. The highest BCUT2D eigenvalue weighted by atomic mass is 15.0. The van der Waals surface area contributed by atoms with Crippen molar-refractivity contribution >= 4 is 21.8 Å². The van der Waals surface area contributed by atoms with Gasteiger partial charge in [-0.2, -0.15) is 5.26 Å². The smallest absolute Gasteiger partial charge is 0.164 e. The minimum Gasteiger partial charge on any atom is -0.309 e. The van der Waals surface area contributed by atoms with E-state index in [-0.39, 0.29) is 10.8 Å². The largest absolute Gasteiger partial charge is 0.309 e. The van der Waals surface area contributed by atoms with Crippen molar-refractivity contribution in [1.82, 2.24) is 24.5 Å². The van der Waals surface area contributed by atoms with Crippen molar-refractivity contribution in [3.05, 3.63) is 222 Å². The van der Waals surface area contributed by atoms with Gasteiger partial charge in [-0.25, -0.2) is 15.0 Å². The fourth-order valence-electron chi connectivity index (χ4n) is 11.2. The van der Waals surface area contributed by atoms with E-state index >= 15 is 0 Å². The van der Waals surface area contributed by atoms with Gasteiger partial charge in [0.15, 0.2) is 17.5 Å². The first-order valence-electron chi connectivity index (χ1n) is 23.5. The maximum atomic E-state index is 9.95. The molecule has 326 valence electrons. The van der Waals surface area contributed by atoms with Gasteiger partial charge in [-0.3, -0.25) is 4.98 Å². The normalized spacial score (nSPS) is 13.7. The zero-order valence-corrected chi connectivity index (χ0v) is 38.7. The number of aromatic nitrogens is 5. The summed E-state index contributed by atoms with van der Waals surface area (Å²) in [6, 6.07) is 66.9. The lowest BCUT2D eigenvalue weighted by Gasteiger charge is -2.22. The van der Waals surface area contributed by atoms with Crippen molar-refractivity contribution in [1.29, 1.82) is 5.26 Å². The Hall–Kier alpha value is -8.79. The number of nitrogens with zero attached hydrogens (tertiary/aromatic N) is 6. The summed E-state index contributed by atoms with van der Waals surface area (Å²) in [5.41, 5.74) is 20.9. The van der Waals surface area contributed by atoms with Gasteiger partial charge in [-0.15, -0.1) is 0 Å². The lowest BCUT2D eigenvalue weighted by atomic mass is 9.82. The SMILES string of the molecule is CC1(C)c2ccccc2-c2cc(-c3nc(-c4ccc(-c5ccc6c(c5)c5cc(C#N)ccc5n6-c5ccc(-c6cccnc6)cc5)cc4)nc(-c4ccc5c(c4)C(C)(C)c4ccccc4-5)n3)ccc21. The molecule has 0 spiro atoms. The van der Waals surface area contributed by atoms with Gasteiger partial charge >= 0.3 is 0 Å². The van der Waals surface area contributed by atoms with Crippen LogP contribution in [0.5, 0.6) is 0 Å². The monoisotopic (exact) mass is 884 g/mol. The van der Waals surface area contributed by atoms with E-state index in [1.807, 2.05) is 24.4 Å². The maximum absolute atomic E-state index is 9.95. The van der Waals surface area contributed by atoms with Crippen molar-refractivity contribution in [3.63, 3.8) is 0 Å². The lowest BCUT2D eigenvalue weighted by Crippen LogP contribution is -2.15. The van der Waals surface area contributed by atoms with Crippen LogP contribution in [0.3, 0.4) is 0 Å². The Morgan fingerprint density at radius 3 is 1.62 bits per heavy atom. The third-order valence-corrected chi connectivity index (χ3v) is 14.8. The second kappa shape index (κ2) is 15.1. The molecule has 0 amide bonds. The molecule has 3 aromatic heterocycles. The number of pyridine rings is 1. The van der Waals surface area contributed by atoms with Crippen molar-refractivity contribution in [3.8, 4) is 90.4 Å².